The number of unbranched alkanes of at least 4 members (excludes halogenated alkanes) is 3. The van der Waals surface area contributed by atoms with Crippen LogP contribution in [0.15, 0.2) is 0 Å². The lowest BCUT2D eigenvalue weighted by Crippen LogP contribution is -2.46. The maximum absolute atomic E-state index is 11.3. The van der Waals surface area contributed by atoms with Gasteiger partial charge in [-0.2, -0.15) is 0 Å². The van der Waals surface area contributed by atoms with Gasteiger partial charge in [0.2, 0.25) is 0 Å². The van der Waals surface area contributed by atoms with Gasteiger partial charge in [-0.1, -0.05) is 53.4 Å². The first-order chi connectivity index (χ1) is 9.03. The van der Waals surface area contributed by atoms with Gasteiger partial charge in [0.1, 0.15) is 0 Å². The molecule has 0 aromatic rings. The molecule has 4 heteroatoms. The van der Waals surface area contributed by atoms with Gasteiger partial charge in [0.05, 0.1) is 12.0 Å². The molecule has 2 atom stereocenters. The van der Waals surface area contributed by atoms with E-state index in [9.17, 15) is 9.90 Å². The molecule has 0 amide bonds. The second-order valence-corrected chi connectivity index (χ2v) is 12.1. The molecule has 3 nitrogen and oxygen atoms in total. The fraction of sp³-hybridized carbons (Fsp3) is 0.938. The average molecular weight is 303 g/mol. The van der Waals surface area contributed by atoms with Crippen LogP contribution in [0, 0.1) is 5.92 Å². The van der Waals surface area contributed by atoms with Crippen LogP contribution in [0.25, 0.3) is 0 Å². The number of carbonyl (C=O) groups is 1. The lowest BCUT2D eigenvalue weighted by molar-refractivity contribution is -0.144. The maximum Gasteiger partial charge on any atom is 0.308 e. The molecule has 0 aromatic carbocycles. The Morgan fingerprint density at radius 3 is 2.15 bits per heavy atom. The molecule has 0 rings (SSSR count). The molecule has 120 valence electrons. The Hall–Kier alpha value is -0.353. The molecular formula is C16H34O3Si. The van der Waals surface area contributed by atoms with Gasteiger partial charge < -0.3 is 9.53 Å². The summed E-state index contributed by atoms with van der Waals surface area (Å²) in [7, 11) is -1.91. The second-order valence-electron chi connectivity index (χ2n) is 7.39. The van der Waals surface area contributed by atoms with Crippen molar-refractivity contribution < 1.29 is 14.3 Å². The molecule has 0 aromatic heterocycles. The molecule has 0 saturated heterocycles. The van der Waals surface area contributed by atoms with Gasteiger partial charge in [-0.15, -0.1) is 0 Å². The van der Waals surface area contributed by atoms with Gasteiger partial charge in [-0.3, -0.25) is 4.79 Å². The standard InChI is InChI=1S/C16H34O3Si/c1-8-9-10-11-12-14(13(2)15(17)18)19-20(6,7)16(3,4)5/h13-14H,8-12H2,1-7H3,(H,17,18)/t13-,14-/m1/s1. The Kier molecular flexibility index (Phi) is 8.03. The number of rotatable bonds is 9. The zero-order chi connectivity index (χ0) is 16.0. The molecule has 0 aliphatic carbocycles. The van der Waals surface area contributed by atoms with Crippen molar-refractivity contribution in [3.8, 4) is 0 Å². The molecular weight excluding hydrogens is 268 g/mol. The summed E-state index contributed by atoms with van der Waals surface area (Å²) in [4.78, 5) is 11.3. The van der Waals surface area contributed by atoms with Crippen molar-refractivity contribution in [1.82, 2.24) is 0 Å². The van der Waals surface area contributed by atoms with E-state index >= 15 is 0 Å². The third-order valence-electron chi connectivity index (χ3n) is 4.54. The van der Waals surface area contributed by atoms with Crippen LogP contribution in [-0.2, 0) is 9.22 Å². The molecule has 0 bridgehead atoms. The summed E-state index contributed by atoms with van der Waals surface area (Å²) in [6.45, 7) is 14.9. The highest BCUT2D eigenvalue weighted by Gasteiger charge is 2.40. The van der Waals surface area contributed by atoms with Gasteiger partial charge in [0.25, 0.3) is 0 Å². The van der Waals surface area contributed by atoms with Crippen LogP contribution < -0.4 is 0 Å². The highest BCUT2D eigenvalue weighted by molar-refractivity contribution is 6.74. The van der Waals surface area contributed by atoms with Gasteiger partial charge in [-0.05, 0) is 31.5 Å². The first-order valence-corrected chi connectivity index (χ1v) is 10.8. The lowest BCUT2D eigenvalue weighted by Gasteiger charge is -2.40. The Morgan fingerprint density at radius 2 is 1.75 bits per heavy atom. The Morgan fingerprint density at radius 1 is 1.20 bits per heavy atom. The summed E-state index contributed by atoms with van der Waals surface area (Å²) in [6, 6.07) is 0. The molecule has 0 aliphatic rings. The highest BCUT2D eigenvalue weighted by atomic mass is 28.4. The predicted molar refractivity (Wildman–Crippen MR) is 87.6 cm³/mol. The van der Waals surface area contributed by atoms with E-state index in [0.717, 1.165) is 12.8 Å². The predicted octanol–water partition coefficient (Wildman–Crippen LogP) is 5.07. The molecule has 20 heavy (non-hydrogen) atoms. The monoisotopic (exact) mass is 302 g/mol. The van der Waals surface area contributed by atoms with E-state index in [1.54, 1.807) is 6.92 Å². The van der Waals surface area contributed by atoms with Crippen molar-refractivity contribution in [2.24, 2.45) is 5.92 Å². The first-order valence-electron chi connectivity index (χ1n) is 7.93. The smallest absolute Gasteiger partial charge is 0.308 e. The molecule has 1 N–H and O–H groups in total. The van der Waals surface area contributed by atoms with E-state index in [1.807, 2.05) is 0 Å². The normalized spacial score (nSPS) is 15.9. The summed E-state index contributed by atoms with van der Waals surface area (Å²) < 4.78 is 6.36. The van der Waals surface area contributed by atoms with Crippen LogP contribution in [0.4, 0.5) is 0 Å². The minimum atomic E-state index is -1.91. The van der Waals surface area contributed by atoms with Crippen molar-refractivity contribution in [2.75, 3.05) is 0 Å². The van der Waals surface area contributed by atoms with Crippen molar-refractivity contribution >= 4 is 14.3 Å². The summed E-state index contributed by atoms with van der Waals surface area (Å²) in [5, 5.41) is 9.41. The third-order valence-corrected chi connectivity index (χ3v) is 9.05. The molecule has 0 saturated carbocycles. The fourth-order valence-electron chi connectivity index (χ4n) is 1.90. The van der Waals surface area contributed by atoms with Gasteiger partial charge in [0.15, 0.2) is 8.32 Å². The molecule has 0 spiro atoms. The fourth-order valence-corrected chi connectivity index (χ4v) is 3.33. The first kappa shape index (κ1) is 19.6. The number of carboxylic acid groups (broad SMARTS) is 1. The molecule has 0 heterocycles. The van der Waals surface area contributed by atoms with Crippen LogP contribution >= 0.6 is 0 Å². The van der Waals surface area contributed by atoms with Crippen LogP contribution in [-0.4, -0.2) is 25.5 Å². The number of carboxylic acids is 1. The lowest BCUT2D eigenvalue weighted by atomic mass is 9.99. The van der Waals surface area contributed by atoms with Crippen molar-refractivity contribution in [2.45, 2.75) is 91.0 Å². The van der Waals surface area contributed by atoms with Gasteiger partial charge >= 0.3 is 5.97 Å². The van der Waals surface area contributed by atoms with Crippen molar-refractivity contribution in [1.29, 1.82) is 0 Å². The Bertz CT molecular complexity index is 295. The zero-order valence-corrected chi connectivity index (χ0v) is 15.5. The van der Waals surface area contributed by atoms with E-state index in [2.05, 4.69) is 40.8 Å². The molecule has 0 radical (unpaired) electrons. The van der Waals surface area contributed by atoms with E-state index in [-0.39, 0.29) is 11.1 Å². The highest BCUT2D eigenvalue weighted by Crippen LogP contribution is 2.38. The third kappa shape index (κ3) is 6.40. The Labute approximate surface area is 126 Å². The van der Waals surface area contributed by atoms with Crippen LogP contribution in [0.3, 0.4) is 0 Å². The van der Waals surface area contributed by atoms with Crippen LogP contribution in [0.2, 0.25) is 18.1 Å². The quantitative estimate of drug-likeness (QED) is 0.478. The largest absolute Gasteiger partial charge is 0.481 e. The van der Waals surface area contributed by atoms with Crippen LogP contribution in [0.1, 0.15) is 66.7 Å². The summed E-state index contributed by atoms with van der Waals surface area (Å²) in [5.74, 6) is -1.17. The van der Waals surface area contributed by atoms with E-state index in [4.69, 9.17) is 4.43 Å². The molecule has 0 aliphatic heterocycles. The number of hydrogen-bond donors (Lipinski definition) is 1. The van der Waals surface area contributed by atoms with Crippen LogP contribution in [0.5, 0.6) is 0 Å². The topological polar surface area (TPSA) is 46.5 Å². The molecule has 0 fully saturated rings. The van der Waals surface area contributed by atoms with Crippen molar-refractivity contribution in [3.05, 3.63) is 0 Å². The Balaban J connectivity index is 4.73. The summed E-state index contributed by atoms with van der Waals surface area (Å²) >= 11 is 0. The SMILES string of the molecule is CCCCCC[C@@H](O[Si](C)(C)C(C)(C)C)[C@@H](C)C(=O)O. The minimum absolute atomic E-state index is 0.118. The maximum atomic E-state index is 11.3. The second kappa shape index (κ2) is 8.18. The van der Waals surface area contributed by atoms with Gasteiger partial charge in [-0.25, -0.2) is 0 Å². The zero-order valence-electron chi connectivity index (χ0n) is 14.5. The summed E-state index contributed by atoms with van der Waals surface area (Å²) in [5.41, 5.74) is 0. The van der Waals surface area contributed by atoms with E-state index < -0.39 is 20.2 Å². The number of aliphatic carboxylic acids is 1. The van der Waals surface area contributed by atoms with Crippen molar-refractivity contribution in [3.63, 3.8) is 0 Å². The molecule has 0 unspecified atom stereocenters. The minimum Gasteiger partial charge on any atom is -0.481 e. The number of hydrogen-bond acceptors (Lipinski definition) is 2. The summed E-state index contributed by atoms with van der Waals surface area (Å²) in [6.07, 6.45) is 5.35. The van der Waals surface area contributed by atoms with Gasteiger partial charge in [0, 0.05) is 0 Å². The average Bonchev–Trinajstić information content (AvgIpc) is 2.30. The van der Waals surface area contributed by atoms with E-state index in [1.165, 1.54) is 19.3 Å². The van der Waals surface area contributed by atoms with E-state index in [0.29, 0.717) is 0 Å².